The van der Waals surface area contributed by atoms with Gasteiger partial charge in [0.15, 0.2) is 0 Å². The molecule has 0 heterocycles. The summed E-state index contributed by atoms with van der Waals surface area (Å²) in [7, 11) is 0. The van der Waals surface area contributed by atoms with Gasteiger partial charge in [0.1, 0.15) is 18.1 Å². The van der Waals surface area contributed by atoms with E-state index in [-0.39, 0.29) is 6.61 Å². The van der Waals surface area contributed by atoms with Crippen LogP contribution in [0.5, 0.6) is 11.5 Å². The minimum Gasteiger partial charge on any atom is -0.494 e. The molecule has 0 aliphatic heterocycles. The van der Waals surface area contributed by atoms with Gasteiger partial charge in [0, 0.05) is 17.5 Å². The molecule has 3 rings (SSSR count). The van der Waals surface area contributed by atoms with Crippen molar-refractivity contribution < 1.29 is 23.8 Å². The van der Waals surface area contributed by atoms with Crippen LogP contribution in [0.15, 0.2) is 72.8 Å². The van der Waals surface area contributed by atoms with E-state index in [1.54, 1.807) is 72.8 Å². The fraction of sp³-hybridized carbons (Fsp3) is 0.214. The minimum atomic E-state index is -0.501. The summed E-state index contributed by atoms with van der Waals surface area (Å²) < 4.78 is 16.3. The molecule has 0 saturated heterocycles. The number of hydrogen-bond acceptors (Lipinski definition) is 7. The highest BCUT2D eigenvalue weighted by molar-refractivity contribution is 5.91. The Morgan fingerprint density at radius 3 is 2.17 bits per heavy atom. The van der Waals surface area contributed by atoms with E-state index in [2.05, 4.69) is 6.92 Å². The number of unbranched alkanes of at least 4 members (excludes halogenated alkanes) is 2. The van der Waals surface area contributed by atoms with Crippen molar-refractivity contribution in [3.05, 3.63) is 89.5 Å². The fourth-order valence-electron chi connectivity index (χ4n) is 3.24. The number of anilines is 2. The molecule has 4 N–H and O–H groups in total. The number of benzene rings is 3. The van der Waals surface area contributed by atoms with Crippen LogP contribution < -0.4 is 20.9 Å². The van der Waals surface area contributed by atoms with Crippen molar-refractivity contribution in [2.45, 2.75) is 32.8 Å². The van der Waals surface area contributed by atoms with Gasteiger partial charge in [0.2, 0.25) is 0 Å². The van der Waals surface area contributed by atoms with E-state index in [4.69, 9.17) is 25.7 Å². The summed E-state index contributed by atoms with van der Waals surface area (Å²) >= 11 is 0. The molecule has 0 atom stereocenters. The summed E-state index contributed by atoms with van der Waals surface area (Å²) in [5, 5.41) is 0. The Morgan fingerprint density at radius 1 is 0.857 bits per heavy atom. The molecule has 3 aromatic rings. The van der Waals surface area contributed by atoms with E-state index >= 15 is 0 Å². The average Bonchev–Trinajstić information content (AvgIpc) is 2.85. The second kappa shape index (κ2) is 12.8. The second-order valence-electron chi connectivity index (χ2n) is 7.99. The average molecular weight is 475 g/mol. The lowest BCUT2D eigenvalue weighted by Gasteiger charge is -2.07. The quantitative estimate of drug-likeness (QED) is 0.126. The molecule has 0 fully saturated rings. The number of nitrogens with two attached hydrogens (primary N) is 2. The zero-order valence-corrected chi connectivity index (χ0v) is 19.7. The number of rotatable bonds is 11. The molecule has 7 heteroatoms. The first kappa shape index (κ1) is 25.4. The SMILES string of the molecule is CCCCCOc1ccc(C(=O)Oc2ccc(/C=C/C(=O)OCc3cc(N)cc(N)c3)cc2)cc1. The topological polar surface area (TPSA) is 114 Å². The van der Waals surface area contributed by atoms with Crippen LogP contribution in [-0.4, -0.2) is 18.5 Å². The smallest absolute Gasteiger partial charge is 0.343 e. The molecular formula is C28H30N2O5. The molecule has 0 amide bonds. The van der Waals surface area contributed by atoms with Gasteiger partial charge >= 0.3 is 11.9 Å². The van der Waals surface area contributed by atoms with Crippen LogP contribution >= 0.6 is 0 Å². The van der Waals surface area contributed by atoms with Crippen LogP contribution in [0.4, 0.5) is 11.4 Å². The minimum absolute atomic E-state index is 0.0687. The first-order valence-corrected chi connectivity index (χ1v) is 11.5. The van der Waals surface area contributed by atoms with Gasteiger partial charge in [-0.05, 0) is 78.2 Å². The van der Waals surface area contributed by atoms with Crippen LogP contribution in [-0.2, 0) is 16.1 Å². The highest BCUT2D eigenvalue weighted by Gasteiger charge is 2.09. The van der Waals surface area contributed by atoms with Crippen LogP contribution in [0.25, 0.3) is 6.08 Å². The van der Waals surface area contributed by atoms with Crippen LogP contribution in [0.1, 0.15) is 47.7 Å². The molecule has 0 aliphatic rings. The molecule has 0 saturated carbocycles. The van der Waals surface area contributed by atoms with Gasteiger partial charge in [-0.3, -0.25) is 0 Å². The molecule has 3 aromatic carbocycles. The van der Waals surface area contributed by atoms with Gasteiger partial charge in [0.25, 0.3) is 0 Å². The fourth-order valence-corrected chi connectivity index (χ4v) is 3.24. The van der Waals surface area contributed by atoms with Gasteiger partial charge in [0.05, 0.1) is 12.2 Å². The monoisotopic (exact) mass is 474 g/mol. The third kappa shape index (κ3) is 8.55. The largest absolute Gasteiger partial charge is 0.494 e. The van der Waals surface area contributed by atoms with Crippen molar-refractivity contribution in [1.82, 2.24) is 0 Å². The van der Waals surface area contributed by atoms with Gasteiger partial charge < -0.3 is 25.7 Å². The van der Waals surface area contributed by atoms with Gasteiger partial charge in [-0.25, -0.2) is 9.59 Å². The normalized spacial score (nSPS) is 10.8. The summed E-state index contributed by atoms with van der Waals surface area (Å²) in [5.41, 5.74) is 14.4. The molecule has 0 radical (unpaired) electrons. The lowest BCUT2D eigenvalue weighted by Crippen LogP contribution is -2.08. The highest BCUT2D eigenvalue weighted by Crippen LogP contribution is 2.18. The molecule has 0 aromatic heterocycles. The van der Waals surface area contributed by atoms with Crippen molar-refractivity contribution >= 4 is 29.4 Å². The lowest BCUT2D eigenvalue weighted by molar-refractivity contribution is -0.138. The molecule has 182 valence electrons. The number of ether oxygens (including phenoxy) is 3. The van der Waals surface area contributed by atoms with Crippen LogP contribution in [0.3, 0.4) is 0 Å². The zero-order chi connectivity index (χ0) is 25.0. The predicted octanol–water partition coefficient (Wildman–Crippen LogP) is 5.40. The Kier molecular flexibility index (Phi) is 9.31. The number of carbonyl (C=O) groups is 2. The van der Waals surface area contributed by atoms with Crippen LogP contribution in [0.2, 0.25) is 0 Å². The van der Waals surface area contributed by atoms with E-state index in [9.17, 15) is 9.59 Å². The third-order valence-corrected chi connectivity index (χ3v) is 5.03. The van der Waals surface area contributed by atoms with Crippen molar-refractivity contribution in [1.29, 1.82) is 0 Å². The van der Waals surface area contributed by atoms with Gasteiger partial charge in [-0.15, -0.1) is 0 Å². The molecule has 0 unspecified atom stereocenters. The first-order valence-electron chi connectivity index (χ1n) is 11.5. The molecular weight excluding hydrogens is 444 g/mol. The number of hydrogen-bond donors (Lipinski definition) is 2. The predicted molar refractivity (Wildman–Crippen MR) is 137 cm³/mol. The Morgan fingerprint density at radius 2 is 1.51 bits per heavy atom. The molecule has 0 aliphatic carbocycles. The number of carbonyl (C=O) groups excluding carboxylic acids is 2. The summed E-state index contributed by atoms with van der Waals surface area (Å²) in [6.45, 7) is 2.87. The molecule has 0 spiro atoms. The standard InChI is InChI=1S/C28H30N2O5/c1-2-3-4-15-33-25-12-8-22(9-13-25)28(32)35-26-10-5-20(6-11-26)7-14-27(31)34-19-21-16-23(29)18-24(30)17-21/h5-14,16-18H,2-4,15,19,29-30H2,1H3/b14-7+. The van der Waals surface area contributed by atoms with E-state index in [0.717, 1.165) is 30.6 Å². The van der Waals surface area contributed by atoms with E-state index in [0.29, 0.717) is 34.9 Å². The Balaban J connectivity index is 1.47. The first-order chi connectivity index (χ1) is 16.9. The molecule has 0 bridgehead atoms. The number of esters is 2. The van der Waals surface area contributed by atoms with Crippen LogP contribution in [0, 0.1) is 0 Å². The maximum atomic E-state index is 12.4. The van der Waals surface area contributed by atoms with Gasteiger partial charge in [-0.1, -0.05) is 31.9 Å². The Hall–Kier alpha value is -4.26. The Labute approximate surface area is 205 Å². The third-order valence-electron chi connectivity index (χ3n) is 5.03. The summed E-state index contributed by atoms with van der Waals surface area (Å²) in [6.07, 6.45) is 6.21. The molecule has 7 nitrogen and oxygen atoms in total. The van der Waals surface area contributed by atoms with Crippen molar-refractivity contribution in [3.63, 3.8) is 0 Å². The van der Waals surface area contributed by atoms with Gasteiger partial charge in [-0.2, -0.15) is 0 Å². The lowest BCUT2D eigenvalue weighted by atomic mass is 10.2. The molecule has 35 heavy (non-hydrogen) atoms. The maximum absolute atomic E-state index is 12.4. The highest BCUT2D eigenvalue weighted by atomic mass is 16.5. The van der Waals surface area contributed by atoms with E-state index < -0.39 is 11.9 Å². The maximum Gasteiger partial charge on any atom is 0.343 e. The summed E-state index contributed by atoms with van der Waals surface area (Å²) in [6, 6.07) is 18.7. The van der Waals surface area contributed by atoms with Crippen molar-refractivity contribution in [2.24, 2.45) is 0 Å². The van der Waals surface area contributed by atoms with E-state index in [1.165, 1.54) is 6.08 Å². The second-order valence-corrected chi connectivity index (χ2v) is 7.99. The van der Waals surface area contributed by atoms with Crippen molar-refractivity contribution in [3.8, 4) is 11.5 Å². The summed E-state index contributed by atoms with van der Waals surface area (Å²) in [4.78, 5) is 24.4. The summed E-state index contributed by atoms with van der Waals surface area (Å²) in [5.74, 6) is 0.161. The zero-order valence-electron chi connectivity index (χ0n) is 19.7. The van der Waals surface area contributed by atoms with Crippen molar-refractivity contribution in [2.75, 3.05) is 18.1 Å². The van der Waals surface area contributed by atoms with E-state index in [1.807, 2.05) is 0 Å². The number of nitrogen functional groups attached to an aromatic ring is 2. The Bertz CT molecular complexity index is 1130.